The molecule has 0 aliphatic heterocycles. The molecule has 0 unspecified atom stereocenters. The van der Waals surface area contributed by atoms with Crippen LogP contribution in [-0.4, -0.2) is 21.8 Å². The van der Waals surface area contributed by atoms with Crippen molar-refractivity contribution >= 4 is 50.5 Å². The van der Waals surface area contributed by atoms with Gasteiger partial charge in [-0.3, -0.25) is 9.59 Å². The third-order valence-electron chi connectivity index (χ3n) is 3.80. The van der Waals surface area contributed by atoms with Gasteiger partial charge in [0.2, 0.25) is 0 Å². The number of nitrogens with one attached hydrogen (secondary N) is 2. The number of thiophene rings is 2. The molecule has 9 heteroatoms. The van der Waals surface area contributed by atoms with Gasteiger partial charge in [-0.25, -0.2) is 9.78 Å². The second-order valence-electron chi connectivity index (χ2n) is 5.74. The Morgan fingerprint density at radius 3 is 2.82 bits per heavy atom. The van der Waals surface area contributed by atoms with Gasteiger partial charge in [0, 0.05) is 5.69 Å². The van der Waals surface area contributed by atoms with Crippen LogP contribution in [0.2, 0.25) is 0 Å². The van der Waals surface area contributed by atoms with Crippen LogP contribution in [0.1, 0.15) is 25.9 Å². The number of rotatable bonds is 5. The summed E-state index contributed by atoms with van der Waals surface area (Å²) in [5, 5.41) is 6.33. The summed E-state index contributed by atoms with van der Waals surface area (Å²) < 4.78 is 5.78. The average molecular weight is 411 g/mol. The zero-order valence-corrected chi connectivity index (χ0v) is 15.9. The minimum Gasteiger partial charge on any atom is -0.454 e. The molecule has 7 nitrogen and oxygen atoms in total. The highest BCUT2D eigenvalue weighted by Gasteiger charge is 2.12. The van der Waals surface area contributed by atoms with Crippen molar-refractivity contribution in [1.29, 1.82) is 0 Å². The highest BCUT2D eigenvalue weighted by atomic mass is 32.1. The highest BCUT2D eigenvalue weighted by molar-refractivity contribution is 7.17. The Morgan fingerprint density at radius 1 is 1.11 bits per heavy atom. The Hall–Kier alpha value is -3.30. The smallest absolute Gasteiger partial charge is 0.338 e. The summed E-state index contributed by atoms with van der Waals surface area (Å²) in [6.07, 6.45) is 0. The van der Waals surface area contributed by atoms with E-state index in [1.807, 2.05) is 5.38 Å². The molecule has 0 aliphatic carbocycles. The van der Waals surface area contributed by atoms with Crippen LogP contribution < -0.4 is 10.9 Å². The van der Waals surface area contributed by atoms with Crippen molar-refractivity contribution in [3.05, 3.63) is 79.8 Å². The first-order chi connectivity index (χ1) is 13.6. The molecule has 0 bridgehead atoms. The number of esters is 1. The second-order valence-corrected chi connectivity index (χ2v) is 7.60. The number of carbonyl (C=O) groups excluding carboxylic acids is 2. The van der Waals surface area contributed by atoms with E-state index in [0.29, 0.717) is 20.8 Å². The van der Waals surface area contributed by atoms with E-state index in [1.165, 1.54) is 28.7 Å². The maximum absolute atomic E-state index is 12.3. The number of nitrogens with zero attached hydrogens (tertiary/aromatic N) is 1. The summed E-state index contributed by atoms with van der Waals surface area (Å²) in [4.78, 5) is 43.9. The summed E-state index contributed by atoms with van der Waals surface area (Å²) in [5.74, 6) is -0.557. The molecule has 4 rings (SSSR count). The molecular weight excluding hydrogens is 398 g/mol. The maximum Gasteiger partial charge on any atom is 0.338 e. The van der Waals surface area contributed by atoms with Crippen LogP contribution in [0.5, 0.6) is 0 Å². The molecule has 140 valence electrons. The number of aromatic nitrogens is 2. The van der Waals surface area contributed by atoms with Crippen LogP contribution in [0, 0.1) is 0 Å². The van der Waals surface area contributed by atoms with Gasteiger partial charge in [-0.2, -0.15) is 0 Å². The lowest BCUT2D eigenvalue weighted by molar-refractivity contribution is 0.0462. The molecule has 2 N–H and O–H groups in total. The van der Waals surface area contributed by atoms with Crippen LogP contribution in [0.4, 0.5) is 5.69 Å². The molecule has 3 heterocycles. The normalized spacial score (nSPS) is 10.7. The van der Waals surface area contributed by atoms with Crippen molar-refractivity contribution in [3.63, 3.8) is 0 Å². The number of hydrogen-bond donors (Lipinski definition) is 2. The Morgan fingerprint density at radius 2 is 2.00 bits per heavy atom. The number of carbonyl (C=O) groups is 2. The van der Waals surface area contributed by atoms with E-state index in [1.54, 1.807) is 41.8 Å². The lowest BCUT2D eigenvalue weighted by atomic mass is 10.2. The van der Waals surface area contributed by atoms with E-state index in [-0.39, 0.29) is 29.5 Å². The molecule has 0 saturated heterocycles. The number of hydrogen-bond acceptors (Lipinski definition) is 7. The third-order valence-corrected chi connectivity index (χ3v) is 5.58. The van der Waals surface area contributed by atoms with Crippen LogP contribution in [0.3, 0.4) is 0 Å². The topological polar surface area (TPSA) is 101 Å². The van der Waals surface area contributed by atoms with E-state index >= 15 is 0 Å². The van der Waals surface area contributed by atoms with Crippen molar-refractivity contribution < 1.29 is 14.3 Å². The van der Waals surface area contributed by atoms with Gasteiger partial charge in [-0.15, -0.1) is 22.7 Å². The minimum atomic E-state index is -0.583. The quantitative estimate of drug-likeness (QED) is 0.488. The number of ether oxygens (including phenoxy) is 1. The zero-order valence-electron chi connectivity index (χ0n) is 14.3. The van der Waals surface area contributed by atoms with Crippen molar-refractivity contribution in [2.45, 2.75) is 6.61 Å². The number of H-pyrrole nitrogens is 1. The van der Waals surface area contributed by atoms with Crippen molar-refractivity contribution in [2.75, 3.05) is 5.32 Å². The van der Waals surface area contributed by atoms with Gasteiger partial charge in [0.05, 0.1) is 16.0 Å². The number of benzene rings is 1. The molecular formula is C19H13N3O4S2. The molecule has 28 heavy (non-hydrogen) atoms. The van der Waals surface area contributed by atoms with Crippen molar-refractivity contribution in [3.8, 4) is 0 Å². The highest BCUT2D eigenvalue weighted by Crippen LogP contribution is 2.17. The zero-order chi connectivity index (χ0) is 19.5. The fraction of sp³-hybridized carbons (Fsp3) is 0.0526. The maximum atomic E-state index is 12.3. The summed E-state index contributed by atoms with van der Waals surface area (Å²) in [7, 11) is 0. The first-order valence-corrected chi connectivity index (χ1v) is 9.94. The minimum absolute atomic E-state index is 0.161. The van der Waals surface area contributed by atoms with E-state index in [4.69, 9.17) is 4.74 Å². The Balaban J connectivity index is 1.44. The summed E-state index contributed by atoms with van der Waals surface area (Å²) in [5.41, 5.74) is 1.07. The van der Waals surface area contributed by atoms with Gasteiger partial charge in [0.15, 0.2) is 0 Å². The Bertz CT molecular complexity index is 1210. The second kappa shape index (κ2) is 7.75. The molecule has 1 amide bonds. The Labute approximate surface area is 166 Å². The van der Waals surface area contributed by atoms with E-state index in [2.05, 4.69) is 15.3 Å². The molecule has 4 aromatic rings. The molecule has 0 atom stereocenters. The number of aromatic amines is 1. The first kappa shape index (κ1) is 18.1. The fourth-order valence-electron chi connectivity index (χ4n) is 2.53. The molecule has 3 aromatic heterocycles. The standard InChI is InChI=1S/C19H13N3O4S2/c23-17(14-5-2-7-27-14)20-12-4-1-3-11(9-12)19(25)26-10-15-21-13-6-8-28-16(13)18(24)22-15/h1-9H,10H2,(H,20,23)(H,21,22,24). The van der Waals surface area contributed by atoms with E-state index < -0.39 is 5.97 Å². The fourth-order valence-corrected chi connectivity index (χ4v) is 3.88. The summed E-state index contributed by atoms with van der Waals surface area (Å²) >= 11 is 2.63. The van der Waals surface area contributed by atoms with Gasteiger partial charge < -0.3 is 15.0 Å². The summed E-state index contributed by atoms with van der Waals surface area (Å²) in [6.45, 7) is -0.161. The van der Waals surface area contributed by atoms with Crippen LogP contribution in [-0.2, 0) is 11.3 Å². The monoisotopic (exact) mass is 411 g/mol. The molecule has 0 spiro atoms. The summed E-state index contributed by atoms with van der Waals surface area (Å²) in [6, 6.07) is 11.7. The first-order valence-electron chi connectivity index (χ1n) is 8.18. The lowest BCUT2D eigenvalue weighted by Crippen LogP contribution is -2.14. The van der Waals surface area contributed by atoms with Gasteiger partial charge in [-0.05, 0) is 41.1 Å². The average Bonchev–Trinajstić information content (AvgIpc) is 3.38. The predicted molar refractivity (Wildman–Crippen MR) is 108 cm³/mol. The van der Waals surface area contributed by atoms with Gasteiger partial charge >= 0.3 is 5.97 Å². The molecule has 1 aromatic carbocycles. The van der Waals surface area contributed by atoms with Crippen molar-refractivity contribution in [2.24, 2.45) is 0 Å². The lowest BCUT2D eigenvalue weighted by Gasteiger charge is -2.07. The molecule has 0 fully saturated rings. The van der Waals surface area contributed by atoms with Crippen molar-refractivity contribution in [1.82, 2.24) is 9.97 Å². The van der Waals surface area contributed by atoms with Gasteiger partial charge in [0.25, 0.3) is 11.5 Å². The van der Waals surface area contributed by atoms with E-state index in [0.717, 1.165) is 0 Å². The van der Waals surface area contributed by atoms with Crippen LogP contribution >= 0.6 is 22.7 Å². The number of fused-ring (bicyclic) bond motifs is 1. The van der Waals surface area contributed by atoms with Crippen LogP contribution in [0.25, 0.3) is 10.2 Å². The largest absolute Gasteiger partial charge is 0.454 e. The third kappa shape index (κ3) is 3.85. The predicted octanol–water partition coefficient (Wildman–Crippen LogP) is 3.66. The Kier molecular flexibility index (Phi) is 5.00. The molecule has 0 radical (unpaired) electrons. The molecule has 0 saturated carbocycles. The number of anilines is 1. The SMILES string of the molecule is O=C(OCc1nc2ccsc2c(=O)[nH]1)c1cccc(NC(=O)c2cccs2)c1. The van der Waals surface area contributed by atoms with Gasteiger partial charge in [-0.1, -0.05) is 12.1 Å². The number of amides is 1. The molecule has 0 aliphatic rings. The van der Waals surface area contributed by atoms with Gasteiger partial charge in [0.1, 0.15) is 17.1 Å². The van der Waals surface area contributed by atoms with Crippen LogP contribution in [0.15, 0.2) is 58.0 Å². The van der Waals surface area contributed by atoms with E-state index in [9.17, 15) is 14.4 Å².